The zero-order chi connectivity index (χ0) is 19.6. The summed E-state index contributed by atoms with van der Waals surface area (Å²) in [6.45, 7) is 10.7. The van der Waals surface area contributed by atoms with Crippen molar-refractivity contribution in [2.24, 2.45) is 0 Å². The summed E-state index contributed by atoms with van der Waals surface area (Å²) in [6.07, 6.45) is 2.20. The number of amides is 1. The molecule has 0 spiro atoms. The molecule has 6 nitrogen and oxygen atoms in total. The van der Waals surface area contributed by atoms with E-state index in [1.54, 1.807) is 32.0 Å². The van der Waals surface area contributed by atoms with E-state index < -0.39 is 11.6 Å². The summed E-state index contributed by atoms with van der Waals surface area (Å²) in [7, 11) is 0. The Hall–Kier alpha value is -2.08. The van der Waals surface area contributed by atoms with Crippen molar-refractivity contribution in [2.45, 2.75) is 59.5 Å². The van der Waals surface area contributed by atoms with Crippen LogP contribution in [0.5, 0.6) is 5.75 Å². The Morgan fingerprint density at radius 1 is 1.08 bits per heavy atom. The molecule has 0 bridgehead atoms. The van der Waals surface area contributed by atoms with Crippen LogP contribution < -0.4 is 10.1 Å². The van der Waals surface area contributed by atoms with Crippen LogP contribution in [0, 0.1) is 0 Å². The molecule has 1 unspecified atom stereocenters. The lowest BCUT2D eigenvalue weighted by atomic mass is 10.0. The number of nitrogens with one attached hydrogen (secondary N) is 1. The minimum absolute atomic E-state index is 0.245. The minimum atomic E-state index is -0.919. The average molecular weight is 365 g/mol. The van der Waals surface area contributed by atoms with E-state index in [2.05, 4.69) is 5.32 Å². The molecule has 1 amide bonds. The van der Waals surface area contributed by atoms with E-state index in [1.807, 2.05) is 20.8 Å². The van der Waals surface area contributed by atoms with E-state index in [9.17, 15) is 9.59 Å². The van der Waals surface area contributed by atoms with Gasteiger partial charge >= 0.3 is 5.97 Å². The first-order valence-corrected chi connectivity index (χ1v) is 9.31. The maximum Gasteiger partial charge on any atom is 0.341 e. The Morgan fingerprint density at radius 2 is 1.77 bits per heavy atom. The van der Waals surface area contributed by atoms with Gasteiger partial charge in [0.2, 0.25) is 0 Å². The molecular formula is C20H31NO5. The zero-order valence-corrected chi connectivity index (χ0v) is 16.5. The summed E-state index contributed by atoms with van der Waals surface area (Å²) >= 11 is 0. The van der Waals surface area contributed by atoms with Gasteiger partial charge in [-0.3, -0.25) is 4.79 Å². The molecule has 146 valence electrons. The van der Waals surface area contributed by atoms with Gasteiger partial charge in [-0.2, -0.15) is 0 Å². The van der Waals surface area contributed by atoms with Crippen LogP contribution in [0.1, 0.15) is 64.2 Å². The van der Waals surface area contributed by atoms with Gasteiger partial charge in [0.1, 0.15) is 16.9 Å². The standard InChI is InChI=1S/C20H31NO5/c1-6-12-25-17-11-10-15(14-16(17)18(22)24-9-4)21-19(23)20(5,8-3)26-13-7-2/h10-11,14H,6-9,12-13H2,1-5H3,(H,21,23). The maximum atomic E-state index is 12.7. The van der Waals surface area contributed by atoms with Crippen LogP contribution in [0.4, 0.5) is 5.69 Å². The molecule has 0 aliphatic carbocycles. The smallest absolute Gasteiger partial charge is 0.341 e. The highest BCUT2D eigenvalue weighted by Gasteiger charge is 2.32. The van der Waals surface area contributed by atoms with Crippen molar-refractivity contribution in [1.82, 2.24) is 0 Å². The van der Waals surface area contributed by atoms with E-state index in [-0.39, 0.29) is 12.5 Å². The van der Waals surface area contributed by atoms with Crippen molar-refractivity contribution in [3.8, 4) is 5.75 Å². The van der Waals surface area contributed by atoms with Gasteiger partial charge in [0, 0.05) is 12.3 Å². The first-order valence-electron chi connectivity index (χ1n) is 9.31. The summed E-state index contributed by atoms with van der Waals surface area (Å²) in [6, 6.07) is 4.96. The average Bonchev–Trinajstić information content (AvgIpc) is 2.65. The predicted molar refractivity (Wildman–Crippen MR) is 102 cm³/mol. The van der Waals surface area contributed by atoms with Crippen molar-refractivity contribution in [2.75, 3.05) is 25.1 Å². The van der Waals surface area contributed by atoms with Gasteiger partial charge in [0.25, 0.3) is 5.91 Å². The summed E-state index contributed by atoms with van der Waals surface area (Å²) in [5.74, 6) is -0.274. The lowest BCUT2D eigenvalue weighted by Crippen LogP contribution is -2.42. The first-order chi connectivity index (χ1) is 12.4. The van der Waals surface area contributed by atoms with Crippen molar-refractivity contribution < 1.29 is 23.8 Å². The third kappa shape index (κ3) is 6.02. The number of carbonyl (C=O) groups excluding carboxylic acids is 2. The van der Waals surface area contributed by atoms with Gasteiger partial charge in [-0.05, 0) is 51.3 Å². The Bertz CT molecular complexity index is 602. The number of benzene rings is 1. The fourth-order valence-corrected chi connectivity index (χ4v) is 2.23. The first kappa shape index (κ1) is 22.0. The molecule has 0 saturated heterocycles. The number of anilines is 1. The van der Waals surface area contributed by atoms with Crippen LogP contribution in [0.2, 0.25) is 0 Å². The van der Waals surface area contributed by atoms with Crippen molar-refractivity contribution >= 4 is 17.6 Å². The van der Waals surface area contributed by atoms with E-state index in [4.69, 9.17) is 14.2 Å². The van der Waals surface area contributed by atoms with Crippen LogP contribution in [-0.2, 0) is 14.3 Å². The highest BCUT2D eigenvalue weighted by atomic mass is 16.5. The maximum absolute atomic E-state index is 12.7. The van der Waals surface area contributed by atoms with E-state index in [1.165, 1.54) is 0 Å². The van der Waals surface area contributed by atoms with Gasteiger partial charge in [-0.15, -0.1) is 0 Å². The van der Waals surface area contributed by atoms with Gasteiger partial charge in [0.15, 0.2) is 0 Å². The van der Waals surface area contributed by atoms with E-state index >= 15 is 0 Å². The molecule has 1 aromatic carbocycles. The van der Waals surface area contributed by atoms with Crippen LogP contribution in [-0.4, -0.2) is 37.3 Å². The van der Waals surface area contributed by atoms with Gasteiger partial charge < -0.3 is 19.5 Å². The number of esters is 1. The summed E-state index contributed by atoms with van der Waals surface area (Å²) < 4.78 is 16.4. The van der Waals surface area contributed by atoms with Gasteiger partial charge in [-0.1, -0.05) is 20.8 Å². The summed E-state index contributed by atoms with van der Waals surface area (Å²) in [5.41, 5.74) is -0.121. The van der Waals surface area contributed by atoms with Crippen LogP contribution in [0.3, 0.4) is 0 Å². The molecule has 0 fully saturated rings. The van der Waals surface area contributed by atoms with Gasteiger partial charge in [0.05, 0.1) is 13.2 Å². The monoisotopic (exact) mass is 365 g/mol. The third-order valence-corrected chi connectivity index (χ3v) is 3.97. The third-order valence-electron chi connectivity index (χ3n) is 3.97. The minimum Gasteiger partial charge on any atom is -0.493 e. The topological polar surface area (TPSA) is 73.9 Å². The fraction of sp³-hybridized carbons (Fsp3) is 0.600. The number of ether oxygens (including phenoxy) is 3. The number of hydrogen-bond donors (Lipinski definition) is 1. The SMILES string of the molecule is CCCOc1ccc(NC(=O)C(C)(CC)OCCC)cc1C(=O)OCC. The molecule has 26 heavy (non-hydrogen) atoms. The second kappa shape index (κ2) is 10.8. The second-order valence-electron chi connectivity index (χ2n) is 6.17. The van der Waals surface area contributed by atoms with Crippen LogP contribution in [0.15, 0.2) is 18.2 Å². The molecule has 1 N–H and O–H groups in total. The normalized spacial score (nSPS) is 13.0. The highest BCUT2D eigenvalue weighted by Crippen LogP contribution is 2.26. The Morgan fingerprint density at radius 3 is 2.35 bits per heavy atom. The molecular weight excluding hydrogens is 334 g/mol. The molecule has 0 saturated carbocycles. The van der Waals surface area contributed by atoms with Crippen LogP contribution in [0.25, 0.3) is 0 Å². The molecule has 0 aliphatic heterocycles. The molecule has 1 aromatic rings. The molecule has 0 radical (unpaired) electrons. The molecule has 0 aliphatic rings. The Balaban J connectivity index is 3.03. The second-order valence-corrected chi connectivity index (χ2v) is 6.17. The number of hydrogen-bond acceptors (Lipinski definition) is 5. The molecule has 6 heteroatoms. The summed E-state index contributed by atoms with van der Waals surface area (Å²) in [4.78, 5) is 24.9. The zero-order valence-electron chi connectivity index (χ0n) is 16.5. The van der Waals surface area contributed by atoms with Crippen LogP contribution >= 0.6 is 0 Å². The molecule has 1 atom stereocenters. The Kier molecular flexibility index (Phi) is 9.13. The predicted octanol–water partition coefficient (Wildman–Crippen LogP) is 4.19. The number of rotatable bonds is 11. The number of carbonyl (C=O) groups is 2. The quantitative estimate of drug-likeness (QED) is 0.595. The molecule has 0 heterocycles. The van der Waals surface area contributed by atoms with Crippen molar-refractivity contribution in [1.29, 1.82) is 0 Å². The lowest BCUT2D eigenvalue weighted by molar-refractivity contribution is -0.139. The van der Waals surface area contributed by atoms with E-state index in [0.717, 1.165) is 12.8 Å². The van der Waals surface area contributed by atoms with Crippen molar-refractivity contribution in [3.63, 3.8) is 0 Å². The highest BCUT2D eigenvalue weighted by molar-refractivity contribution is 5.99. The summed E-state index contributed by atoms with van der Waals surface area (Å²) in [5, 5.41) is 2.84. The van der Waals surface area contributed by atoms with E-state index in [0.29, 0.717) is 36.6 Å². The fourth-order valence-electron chi connectivity index (χ4n) is 2.23. The lowest BCUT2D eigenvalue weighted by Gasteiger charge is -2.27. The molecule has 1 rings (SSSR count). The molecule has 0 aromatic heterocycles. The van der Waals surface area contributed by atoms with Gasteiger partial charge in [-0.25, -0.2) is 4.79 Å². The van der Waals surface area contributed by atoms with Crippen molar-refractivity contribution in [3.05, 3.63) is 23.8 Å². The Labute approximate surface area is 156 Å². The largest absolute Gasteiger partial charge is 0.493 e.